The lowest BCUT2D eigenvalue weighted by molar-refractivity contribution is 0.997. The van der Waals surface area contributed by atoms with Crippen molar-refractivity contribution in [1.82, 2.24) is 0 Å². The highest BCUT2D eigenvalue weighted by Crippen LogP contribution is 2.47. The minimum atomic E-state index is -0.259. The summed E-state index contributed by atoms with van der Waals surface area (Å²) in [6, 6.07) is 26.8. The molecule has 2 nitrogen and oxygen atoms in total. The van der Waals surface area contributed by atoms with Crippen LogP contribution in [0.25, 0.3) is 0 Å². The Morgan fingerprint density at radius 3 is 2.39 bits per heavy atom. The second-order valence-corrected chi connectivity index (χ2v) is 6.47. The number of nitriles is 1. The molecule has 3 aromatic carbocycles. The molecule has 1 aliphatic rings. The Hall–Kier alpha value is -2.70. The van der Waals surface area contributed by atoms with Gasteiger partial charge < -0.3 is 5.32 Å². The SMILES string of the molecule is N#CC(c1ccccc1)c1cccc2c1Sc1ccccc1N2. The number of hydrogen-bond donors (Lipinski definition) is 1. The Kier molecular flexibility index (Phi) is 3.53. The normalized spacial score (nSPS) is 13.2. The minimum absolute atomic E-state index is 0.259. The van der Waals surface area contributed by atoms with Crippen molar-refractivity contribution in [3.63, 3.8) is 0 Å². The topological polar surface area (TPSA) is 35.8 Å². The van der Waals surface area contributed by atoms with E-state index in [4.69, 9.17) is 0 Å². The zero-order valence-corrected chi connectivity index (χ0v) is 13.2. The molecule has 1 atom stereocenters. The molecule has 0 saturated heterocycles. The summed E-state index contributed by atoms with van der Waals surface area (Å²) in [5.74, 6) is -0.259. The van der Waals surface area contributed by atoms with Gasteiger partial charge in [0.1, 0.15) is 0 Å². The van der Waals surface area contributed by atoms with E-state index in [1.54, 1.807) is 11.8 Å². The van der Waals surface area contributed by atoms with Gasteiger partial charge in [0.25, 0.3) is 0 Å². The third-order valence-electron chi connectivity index (χ3n) is 3.99. The van der Waals surface area contributed by atoms with Crippen LogP contribution >= 0.6 is 11.8 Å². The van der Waals surface area contributed by atoms with E-state index in [9.17, 15) is 5.26 Å². The predicted octanol–water partition coefficient (Wildman–Crippen LogP) is 5.55. The van der Waals surface area contributed by atoms with Gasteiger partial charge in [0.15, 0.2) is 0 Å². The van der Waals surface area contributed by atoms with Crippen molar-refractivity contribution in [3.8, 4) is 6.07 Å². The van der Waals surface area contributed by atoms with E-state index in [0.717, 1.165) is 27.4 Å². The Balaban J connectivity index is 1.82. The van der Waals surface area contributed by atoms with Crippen LogP contribution in [0.3, 0.4) is 0 Å². The highest BCUT2D eigenvalue weighted by molar-refractivity contribution is 7.99. The highest BCUT2D eigenvalue weighted by atomic mass is 32.2. The molecule has 4 rings (SSSR count). The zero-order chi connectivity index (χ0) is 15.6. The van der Waals surface area contributed by atoms with Crippen LogP contribution in [0.5, 0.6) is 0 Å². The van der Waals surface area contributed by atoms with Gasteiger partial charge in [-0.05, 0) is 29.3 Å². The molecule has 0 fully saturated rings. The van der Waals surface area contributed by atoms with Crippen molar-refractivity contribution in [1.29, 1.82) is 5.26 Å². The average molecular weight is 314 g/mol. The van der Waals surface area contributed by atoms with Gasteiger partial charge in [0.2, 0.25) is 0 Å². The largest absolute Gasteiger partial charge is 0.354 e. The Morgan fingerprint density at radius 1 is 0.826 bits per heavy atom. The Bertz CT molecular complexity index is 897. The second kappa shape index (κ2) is 5.83. The number of hydrogen-bond acceptors (Lipinski definition) is 3. The first kappa shape index (κ1) is 13.9. The molecule has 0 aliphatic carbocycles. The molecule has 0 aromatic heterocycles. The average Bonchev–Trinajstić information content (AvgIpc) is 2.62. The lowest BCUT2D eigenvalue weighted by Crippen LogP contribution is -2.06. The molecular formula is C20H14N2S. The summed E-state index contributed by atoms with van der Waals surface area (Å²) in [5, 5.41) is 13.2. The van der Waals surface area contributed by atoms with Crippen molar-refractivity contribution in [2.75, 3.05) is 5.32 Å². The van der Waals surface area contributed by atoms with E-state index in [1.807, 2.05) is 48.5 Å². The fourth-order valence-corrected chi connectivity index (χ4v) is 4.01. The van der Waals surface area contributed by atoms with Crippen LogP contribution < -0.4 is 5.32 Å². The van der Waals surface area contributed by atoms with Gasteiger partial charge in [-0.1, -0.05) is 66.4 Å². The van der Waals surface area contributed by atoms with E-state index < -0.39 is 0 Å². The van der Waals surface area contributed by atoms with E-state index in [-0.39, 0.29) is 5.92 Å². The summed E-state index contributed by atoms with van der Waals surface area (Å²) in [6.45, 7) is 0. The van der Waals surface area contributed by atoms with Gasteiger partial charge in [-0.15, -0.1) is 0 Å². The molecule has 0 bridgehead atoms. The molecular weight excluding hydrogens is 300 g/mol. The lowest BCUT2D eigenvalue weighted by Gasteiger charge is -2.24. The van der Waals surface area contributed by atoms with Crippen molar-refractivity contribution in [2.24, 2.45) is 0 Å². The quantitative estimate of drug-likeness (QED) is 0.527. The smallest absolute Gasteiger partial charge is 0.0974 e. The molecule has 0 saturated carbocycles. The van der Waals surface area contributed by atoms with Crippen LogP contribution in [0.2, 0.25) is 0 Å². The Labute approximate surface area is 139 Å². The maximum atomic E-state index is 9.75. The number of nitrogens with zero attached hydrogens (tertiary/aromatic N) is 1. The molecule has 0 spiro atoms. The predicted molar refractivity (Wildman–Crippen MR) is 94.2 cm³/mol. The van der Waals surface area contributed by atoms with Gasteiger partial charge in [0.05, 0.1) is 23.4 Å². The molecule has 1 aliphatic heterocycles. The van der Waals surface area contributed by atoms with Gasteiger partial charge in [0, 0.05) is 9.79 Å². The third kappa shape index (κ3) is 2.48. The molecule has 3 aromatic rings. The number of rotatable bonds is 2. The van der Waals surface area contributed by atoms with E-state index in [1.165, 1.54) is 4.90 Å². The fourth-order valence-electron chi connectivity index (χ4n) is 2.88. The van der Waals surface area contributed by atoms with E-state index in [2.05, 4.69) is 35.7 Å². The van der Waals surface area contributed by atoms with Crippen LogP contribution in [-0.2, 0) is 0 Å². The number of para-hydroxylation sites is 1. The summed E-state index contributed by atoms with van der Waals surface area (Å²) in [5.41, 5.74) is 4.28. The lowest BCUT2D eigenvalue weighted by atomic mass is 9.92. The first-order valence-electron chi connectivity index (χ1n) is 7.48. The summed E-state index contributed by atoms with van der Waals surface area (Å²) in [4.78, 5) is 2.33. The molecule has 1 N–H and O–H groups in total. The zero-order valence-electron chi connectivity index (χ0n) is 12.4. The van der Waals surface area contributed by atoms with Gasteiger partial charge in [-0.25, -0.2) is 0 Å². The van der Waals surface area contributed by atoms with Crippen LogP contribution in [0.4, 0.5) is 11.4 Å². The summed E-state index contributed by atoms with van der Waals surface area (Å²) in [6.07, 6.45) is 0. The monoisotopic (exact) mass is 314 g/mol. The van der Waals surface area contributed by atoms with Gasteiger partial charge in [-0.2, -0.15) is 5.26 Å². The highest BCUT2D eigenvalue weighted by Gasteiger charge is 2.23. The summed E-state index contributed by atoms with van der Waals surface area (Å²) < 4.78 is 0. The maximum Gasteiger partial charge on any atom is 0.0974 e. The van der Waals surface area contributed by atoms with Crippen molar-refractivity contribution in [3.05, 3.63) is 83.9 Å². The van der Waals surface area contributed by atoms with Crippen LogP contribution in [-0.4, -0.2) is 0 Å². The number of nitrogens with one attached hydrogen (secondary N) is 1. The summed E-state index contributed by atoms with van der Waals surface area (Å²) in [7, 11) is 0. The number of benzene rings is 3. The minimum Gasteiger partial charge on any atom is -0.354 e. The van der Waals surface area contributed by atoms with Crippen LogP contribution in [0.1, 0.15) is 17.0 Å². The number of fused-ring (bicyclic) bond motifs is 2. The fraction of sp³-hybridized carbons (Fsp3) is 0.0500. The molecule has 1 unspecified atom stereocenters. The van der Waals surface area contributed by atoms with Gasteiger partial charge in [-0.3, -0.25) is 0 Å². The summed E-state index contributed by atoms with van der Waals surface area (Å²) >= 11 is 1.73. The van der Waals surface area contributed by atoms with Gasteiger partial charge >= 0.3 is 0 Å². The second-order valence-electron chi connectivity index (χ2n) is 5.42. The first-order valence-corrected chi connectivity index (χ1v) is 8.30. The molecule has 110 valence electrons. The standard InChI is InChI=1S/C20H14N2S/c21-13-16(14-7-2-1-3-8-14)15-9-6-11-18-20(15)23-19-12-5-4-10-17(19)22-18/h1-12,16,22H. The molecule has 3 heteroatoms. The van der Waals surface area contributed by atoms with Crippen molar-refractivity contribution < 1.29 is 0 Å². The third-order valence-corrected chi connectivity index (χ3v) is 5.22. The molecule has 0 amide bonds. The molecule has 23 heavy (non-hydrogen) atoms. The maximum absolute atomic E-state index is 9.75. The molecule has 1 heterocycles. The van der Waals surface area contributed by atoms with E-state index in [0.29, 0.717) is 0 Å². The molecule has 0 radical (unpaired) electrons. The van der Waals surface area contributed by atoms with Crippen molar-refractivity contribution >= 4 is 23.1 Å². The first-order chi connectivity index (χ1) is 11.4. The number of anilines is 2. The van der Waals surface area contributed by atoms with Crippen molar-refractivity contribution in [2.45, 2.75) is 15.7 Å². The Morgan fingerprint density at radius 2 is 1.57 bits per heavy atom. The van der Waals surface area contributed by atoms with E-state index >= 15 is 0 Å². The van der Waals surface area contributed by atoms with Crippen LogP contribution in [0, 0.1) is 11.3 Å². The van der Waals surface area contributed by atoms with Crippen LogP contribution in [0.15, 0.2) is 82.6 Å².